The number of hydrogen-bond acceptors (Lipinski definition) is 6. The number of hydrogen-bond donors (Lipinski definition) is 1. The van der Waals surface area contributed by atoms with E-state index in [1.165, 1.54) is 0 Å². The second kappa shape index (κ2) is 9.45. The molecule has 1 rings (SSSR count). The Morgan fingerprint density at radius 3 is 2.09 bits per heavy atom. The molecule has 1 aliphatic carbocycles. The number of aliphatic hydroxyl groups excluding tert-OH is 1. The largest absolute Gasteiger partial charge is 0.458 e. The summed E-state index contributed by atoms with van der Waals surface area (Å²) in [7, 11) is 0. The lowest BCUT2D eigenvalue weighted by atomic mass is 10.0. The van der Waals surface area contributed by atoms with Crippen LogP contribution in [0.1, 0.15) is 46.5 Å². The lowest BCUT2D eigenvalue weighted by molar-refractivity contribution is -0.185. The van der Waals surface area contributed by atoms with Crippen LogP contribution in [0, 0.1) is 0 Å². The SMILES string of the molecule is CC(C)(C)OC(=O)C1(OCCOCCOCCO)CCCC1. The summed E-state index contributed by atoms with van der Waals surface area (Å²) in [6, 6.07) is 0. The number of carbonyl (C=O) groups is 1. The van der Waals surface area contributed by atoms with Crippen LogP contribution in [0.15, 0.2) is 0 Å². The van der Waals surface area contributed by atoms with Crippen molar-refractivity contribution in [3.8, 4) is 0 Å². The van der Waals surface area contributed by atoms with Crippen molar-refractivity contribution in [3.05, 3.63) is 0 Å². The first-order valence-electron chi connectivity index (χ1n) is 8.03. The number of rotatable bonds is 10. The molecule has 0 unspecified atom stereocenters. The maximum absolute atomic E-state index is 12.4. The first-order valence-corrected chi connectivity index (χ1v) is 8.03. The van der Waals surface area contributed by atoms with Gasteiger partial charge in [0.15, 0.2) is 5.60 Å². The van der Waals surface area contributed by atoms with E-state index in [1.54, 1.807) is 0 Å². The van der Waals surface area contributed by atoms with Crippen molar-refractivity contribution in [1.29, 1.82) is 0 Å². The third-order valence-electron chi connectivity index (χ3n) is 3.40. The van der Waals surface area contributed by atoms with Gasteiger partial charge < -0.3 is 24.1 Å². The van der Waals surface area contributed by atoms with Gasteiger partial charge in [-0.15, -0.1) is 0 Å². The lowest BCUT2D eigenvalue weighted by Gasteiger charge is -2.31. The summed E-state index contributed by atoms with van der Waals surface area (Å²) in [4.78, 5) is 12.4. The summed E-state index contributed by atoms with van der Waals surface area (Å²) in [5.41, 5.74) is -1.30. The maximum atomic E-state index is 12.4. The molecule has 0 aliphatic heterocycles. The van der Waals surface area contributed by atoms with E-state index in [9.17, 15) is 4.79 Å². The normalized spacial score (nSPS) is 17.6. The highest BCUT2D eigenvalue weighted by Gasteiger charge is 2.45. The minimum absolute atomic E-state index is 0.0154. The second-order valence-corrected chi connectivity index (χ2v) is 6.50. The average molecular weight is 318 g/mol. The standard InChI is InChI=1S/C16H30O6/c1-15(2,3)22-14(18)16(6-4-5-7-16)21-13-12-20-11-10-19-9-8-17/h17H,4-13H2,1-3H3. The summed E-state index contributed by atoms with van der Waals surface area (Å²) >= 11 is 0. The molecule has 0 aromatic rings. The number of aliphatic hydroxyl groups is 1. The van der Waals surface area contributed by atoms with Gasteiger partial charge in [0, 0.05) is 0 Å². The third kappa shape index (κ3) is 7.05. The van der Waals surface area contributed by atoms with Crippen molar-refractivity contribution in [2.75, 3.05) is 39.6 Å². The molecular formula is C16H30O6. The van der Waals surface area contributed by atoms with Crippen molar-refractivity contribution in [3.63, 3.8) is 0 Å². The molecule has 0 saturated heterocycles. The topological polar surface area (TPSA) is 74.2 Å². The Labute approximate surface area is 133 Å². The molecule has 6 nitrogen and oxygen atoms in total. The van der Waals surface area contributed by atoms with Crippen molar-refractivity contribution in [2.24, 2.45) is 0 Å². The fourth-order valence-electron chi connectivity index (χ4n) is 2.41. The molecule has 0 radical (unpaired) electrons. The summed E-state index contributed by atoms with van der Waals surface area (Å²) < 4.78 is 21.8. The molecule has 1 saturated carbocycles. The first-order chi connectivity index (χ1) is 10.4. The second-order valence-electron chi connectivity index (χ2n) is 6.50. The van der Waals surface area contributed by atoms with E-state index in [2.05, 4.69) is 0 Å². The van der Waals surface area contributed by atoms with E-state index in [1.807, 2.05) is 20.8 Å². The number of ether oxygens (including phenoxy) is 4. The molecule has 22 heavy (non-hydrogen) atoms. The van der Waals surface area contributed by atoms with Crippen LogP contribution >= 0.6 is 0 Å². The summed E-state index contributed by atoms with van der Waals surface area (Å²) in [5.74, 6) is -0.260. The average Bonchev–Trinajstić information content (AvgIpc) is 2.90. The van der Waals surface area contributed by atoms with Crippen molar-refractivity contribution < 1.29 is 28.8 Å². The quantitative estimate of drug-likeness (QED) is 0.488. The fourth-order valence-corrected chi connectivity index (χ4v) is 2.41. The maximum Gasteiger partial charge on any atom is 0.338 e. The van der Waals surface area contributed by atoms with Gasteiger partial charge in [0.2, 0.25) is 0 Å². The fraction of sp³-hybridized carbons (Fsp3) is 0.938. The van der Waals surface area contributed by atoms with Gasteiger partial charge in [-0.2, -0.15) is 0 Å². The highest BCUT2D eigenvalue weighted by atomic mass is 16.6. The molecule has 0 aromatic heterocycles. The molecule has 1 aliphatic rings. The Balaban J connectivity index is 2.28. The van der Waals surface area contributed by atoms with Crippen molar-refractivity contribution in [2.45, 2.75) is 57.7 Å². The van der Waals surface area contributed by atoms with Gasteiger partial charge in [-0.3, -0.25) is 0 Å². The summed E-state index contributed by atoms with van der Waals surface area (Å²) in [6.45, 7) is 7.59. The zero-order valence-corrected chi connectivity index (χ0v) is 14.1. The van der Waals surface area contributed by atoms with Crippen molar-refractivity contribution >= 4 is 5.97 Å². The minimum Gasteiger partial charge on any atom is -0.458 e. The third-order valence-corrected chi connectivity index (χ3v) is 3.40. The molecule has 0 bridgehead atoms. The Kier molecular flexibility index (Phi) is 8.31. The van der Waals surface area contributed by atoms with E-state index < -0.39 is 11.2 Å². The van der Waals surface area contributed by atoms with Gasteiger partial charge in [-0.1, -0.05) is 0 Å². The van der Waals surface area contributed by atoms with Crippen LogP contribution in [-0.2, 0) is 23.7 Å². The zero-order valence-electron chi connectivity index (χ0n) is 14.1. The molecule has 6 heteroatoms. The Bertz CT molecular complexity index is 317. The Hall–Kier alpha value is -0.690. The van der Waals surface area contributed by atoms with E-state index >= 15 is 0 Å². The molecular weight excluding hydrogens is 288 g/mol. The van der Waals surface area contributed by atoms with Gasteiger partial charge in [0.1, 0.15) is 5.60 Å². The van der Waals surface area contributed by atoms with Crippen LogP contribution in [-0.4, -0.2) is 61.9 Å². The molecule has 130 valence electrons. The molecule has 0 spiro atoms. The van der Waals surface area contributed by atoms with Gasteiger partial charge in [-0.25, -0.2) is 4.79 Å². The highest BCUT2D eigenvalue weighted by Crippen LogP contribution is 2.35. The predicted octanol–water partition coefficient (Wildman–Crippen LogP) is 1.68. The number of carbonyl (C=O) groups excluding carboxylic acids is 1. The zero-order chi connectivity index (χ0) is 16.5. The summed E-state index contributed by atoms with van der Waals surface area (Å²) in [6.07, 6.45) is 3.38. The molecule has 0 heterocycles. The van der Waals surface area contributed by atoms with Crippen LogP contribution in [0.5, 0.6) is 0 Å². The lowest BCUT2D eigenvalue weighted by Crippen LogP contribution is -2.44. The van der Waals surface area contributed by atoms with Gasteiger partial charge >= 0.3 is 5.97 Å². The van der Waals surface area contributed by atoms with Crippen LogP contribution in [0.25, 0.3) is 0 Å². The van der Waals surface area contributed by atoms with E-state index in [-0.39, 0.29) is 12.6 Å². The Morgan fingerprint density at radius 2 is 1.55 bits per heavy atom. The Morgan fingerprint density at radius 1 is 1.00 bits per heavy atom. The molecule has 0 amide bonds. The van der Waals surface area contributed by atoms with E-state index in [0.29, 0.717) is 45.9 Å². The molecule has 0 atom stereocenters. The molecule has 0 aromatic carbocycles. The molecule has 1 N–H and O–H groups in total. The van der Waals surface area contributed by atoms with Crippen LogP contribution in [0.2, 0.25) is 0 Å². The summed E-state index contributed by atoms with van der Waals surface area (Å²) in [5, 5.41) is 8.56. The van der Waals surface area contributed by atoms with Crippen LogP contribution in [0.3, 0.4) is 0 Å². The van der Waals surface area contributed by atoms with E-state index in [0.717, 1.165) is 12.8 Å². The molecule has 1 fully saturated rings. The van der Waals surface area contributed by atoms with Crippen LogP contribution in [0.4, 0.5) is 0 Å². The van der Waals surface area contributed by atoms with Gasteiger partial charge in [0.05, 0.1) is 39.6 Å². The number of esters is 1. The van der Waals surface area contributed by atoms with Crippen LogP contribution < -0.4 is 0 Å². The monoisotopic (exact) mass is 318 g/mol. The van der Waals surface area contributed by atoms with E-state index in [4.69, 9.17) is 24.1 Å². The smallest absolute Gasteiger partial charge is 0.338 e. The minimum atomic E-state index is -0.802. The predicted molar refractivity (Wildman–Crippen MR) is 81.7 cm³/mol. The van der Waals surface area contributed by atoms with Crippen molar-refractivity contribution in [1.82, 2.24) is 0 Å². The highest BCUT2D eigenvalue weighted by molar-refractivity contribution is 5.80. The van der Waals surface area contributed by atoms with Gasteiger partial charge in [0.25, 0.3) is 0 Å². The first kappa shape index (κ1) is 19.4. The van der Waals surface area contributed by atoms with Gasteiger partial charge in [-0.05, 0) is 46.5 Å².